The summed E-state index contributed by atoms with van der Waals surface area (Å²) in [6, 6.07) is 6.59. The van der Waals surface area contributed by atoms with E-state index in [4.69, 9.17) is 9.47 Å². The van der Waals surface area contributed by atoms with Crippen LogP contribution in [0.5, 0.6) is 5.75 Å². The summed E-state index contributed by atoms with van der Waals surface area (Å²) in [5.74, 6) is 0.301. The predicted molar refractivity (Wildman–Crippen MR) is 93.9 cm³/mol. The highest BCUT2D eigenvalue weighted by molar-refractivity contribution is 7.92. The second kappa shape index (κ2) is 10.1. The zero-order chi connectivity index (χ0) is 18.0. The number of benzene rings is 1. The first-order chi connectivity index (χ1) is 11.4. The van der Waals surface area contributed by atoms with Crippen LogP contribution in [-0.4, -0.2) is 53.5 Å². The lowest BCUT2D eigenvalue weighted by molar-refractivity contribution is -0.123. The van der Waals surface area contributed by atoms with Gasteiger partial charge in [-0.3, -0.25) is 9.10 Å². The molecule has 0 aliphatic heterocycles. The Labute approximate surface area is 144 Å². The number of hydrogen-bond donors (Lipinski definition) is 1. The molecular formula is C16H26N2O5S. The first kappa shape index (κ1) is 20.2. The van der Waals surface area contributed by atoms with Gasteiger partial charge in [0.25, 0.3) is 5.91 Å². The van der Waals surface area contributed by atoms with Crippen LogP contribution in [0.1, 0.15) is 20.3 Å². The molecule has 136 valence electrons. The smallest absolute Gasteiger partial charge is 0.257 e. The van der Waals surface area contributed by atoms with E-state index in [0.29, 0.717) is 37.7 Å². The molecule has 0 spiro atoms. The van der Waals surface area contributed by atoms with Crippen molar-refractivity contribution >= 4 is 21.6 Å². The summed E-state index contributed by atoms with van der Waals surface area (Å²) >= 11 is 0. The SMILES string of the molecule is CCOCCCNC(=O)COc1ccc(N(CC)S(C)(=O)=O)cc1. The number of anilines is 1. The molecule has 1 aromatic rings. The Morgan fingerprint density at radius 2 is 1.88 bits per heavy atom. The van der Waals surface area contributed by atoms with Crippen LogP contribution >= 0.6 is 0 Å². The molecule has 1 rings (SSSR count). The Morgan fingerprint density at radius 1 is 1.21 bits per heavy atom. The first-order valence-corrected chi connectivity index (χ1v) is 9.78. The molecule has 0 saturated carbocycles. The molecule has 0 fully saturated rings. The van der Waals surface area contributed by atoms with Gasteiger partial charge in [0.15, 0.2) is 6.61 Å². The van der Waals surface area contributed by atoms with E-state index in [-0.39, 0.29) is 12.5 Å². The zero-order valence-electron chi connectivity index (χ0n) is 14.4. The molecule has 0 saturated heterocycles. The van der Waals surface area contributed by atoms with Gasteiger partial charge in [0.1, 0.15) is 5.75 Å². The number of nitrogens with one attached hydrogen (secondary N) is 1. The minimum Gasteiger partial charge on any atom is -0.484 e. The van der Waals surface area contributed by atoms with Crippen molar-refractivity contribution in [1.82, 2.24) is 5.32 Å². The highest BCUT2D eigenvalue weighted by Crippen LogP contribution is 2.21. The van der Waals surface area contributed by atoms with E-state index >= 15 is 0 Å². The number of amides is 1. The third-order valence-electron chi connectivity index (χ3n) is 3.17. The fourth-order valence-electron chi connectivity index (χ4n) is 2.06. The van der Waals surface area contributed by atoms with Gasteiger partial charge in [0, 0.05) is 26.3 Å². The van der Waals surface area contributed by atoms with Crippen molar-refractivity contribution in [2.75, 3.05) is 43.5 Å². The number of carbonyl (C=O) groups is 1. The van der Waals surface area contributed by atoms with E-state index < -0.39 is 10.0 Å². The van der Waals surface area contributed by atoms with Gasteiger partial charge in [-0.05, 0) is 44.5 Å². The Balaban J connectivity index is 2.43. The Hall–Kier alpha value is -1.80. The van der Waals surface area contributed by atoms with Crippen molar-refractivity contribution in [3.63, 3.8) is 0 Å². The van der Waals surface area contributed by atoms with E-state index in [2.05, 4.69) is 5.32 Å². The minimum atomic E-state index is -3.31. The van der Waals surface area contributed by atoms with Crippen LogP contribution in [0.3, 0.4) is 0 Å². The molecule has 8 heteroatoms. The molecule has 1 aromatic carbocycles. The number of hydrogen-bond acceptors (Lipinski definition) is 5. The second-order valence-electron chi connectivity index (χ2n) is 5.11. The molecule has 0 aliphatic rings. The van der Waals surface area contributed by atoms with Crippen molar-refractivity contribution in [1.29, 1.82) is 0 Å². The van der Waals surface area contributed by atoms with Crippen LogP contribution in [0.25, 0.3) is 0 Å². The van der Waals surface area contributed by atoms with Gasteiger partial charge in [-0.2, -0.15) is 0 Å². The summed E-state index contributed by atoms with van der Waals surface area (Å²) in [5, 5.41) is 2.74. The maximum atomic E-state index is 11.7. The van der Waals surface area contributed by atoms with Crippen LogP contribution in [0, 0.1) is 0 Å². The van der Waals surface area contributed by atoms with Crippen LogP contribution in [0.4, 0.5) is 5.69 Å². The molecule has 0 aliphatic carbocycles. The largest absolute Gasteiger partial charge is 0.484 e. The molecule has 0 unspecified atom stereocenters. The number of rotatable bonds is 11. The third kappa shape index (κ3) is 7.18. The maximum Gasteiger partial charge on any atom is 0.257 e. The standard InChI is InChI=1S/C16H26N2O5S/c1-4-18(24(3,20)21)14-7-9-15(10-8-14)23-13-16(19)17-11-6-12-22-5-2/h7-10H,4-6,11-13H2,1-3H3,(H,17,19). The topological polar surface area (TPSA) is 84.9 Å². The zero-order valence-corrected chi connectivity index (χ0v) is 15.3. The minimum absolute atomic E-state index is 0.0858. The average molecular weight is 358 g/mol. The van der Waals surface area contributed by atoms with E-state index in [1.165, 1.54) is 4.31 Å². The Morgan fingerprint density at radius 3 is 2.42 bits per heavy atom. The van der Waals surface area contributed by atoms with Gasteiger partial charge >= 0.3 is 0 Å². The predicted octanol–water partition coefficient (Wildman–Crippen LogP) is 1.39. The Kier molecular flexibility index (Phi) is 8.56. The van der Waals surface area contributed by atoms with E-state index in [0.717, 1.165) is 12.7 Å². The van der Waals surface area contributed by atoms with E-state index in [1.807, 2.05) is 6.92 Å². The molecule has 0 aromatic heterocycles. The highest BCUT2D eigenvalue weighted by atomic mass is 32.2. The lowest BCUT2D eigenvalue weighted by atomic mass is 10.3. The van der Waals surface area contributed by atoms with Crippen LogP contribution in [-0.2, 0) is 19.6 Å². The number of carbonyl (C=O) groups excluding carboxylic acids is 1. The normalized spacial score (nSPS) is 11.1. The van der Waals surface area contributed by atoms with Crippen LogP contribution < -0.4 is 14.4 Å². The number of nitrogens with zero attached hydrogens (tertiary/aromatic N) is 1. The first-order valence-electron chi connectivity index (χ1n) is 7.93. The summed E-state index contributed by atoms with van der Waals surface area (Å²) in [6.07, 6.45) is 1.92. The van der Waals surface area contributed by atoms with Crippen molar-refractivity contribution in [2.45, 2.75) is 20.3 Å². The molecule has 1 N–H and O–H groups in total. The van der Waals surface area contributed by atoms with Crippen molar-refractivity contribution in [3.05, 3.63) is 24.3 Å². The van der Waals surface area contributed by atoms with Gasteiger partial charge < -0.3 is 14.8 Å². The van der Waals surface area contributed by atoms with Crippen molar-refractivity contribution < 1.29 is 22.7 Å². The summed E-state index contributed by atoms with van der Waals surface area (Å²) in [7, 11) is -3.31. The molecule has 0 bridgehead atoms. The van der Waals surface area contributed by atoms with Crippen LogP contribution in [0.2, 0.25) is 0 Å². The molecular weight excluding hydrogens is 332 g/mol. The van der Waals surface area contributed by atoms with E-state index in [1.54, 1.807) is 31.2 Å². The van der Waals surface area contributed by atoms with Gasteiger partial charge in [-0.15, -0.1) is 0 Å². The van der Waals surface area contributed by atoms with E-state index in [9.17, 15) is 13.2 Å². The summed E-state index contributed by atoms with van der Waals surface area (Å²) in [4.78, 5) is 11.6. The lowest BCUT2D eigenvalue weighted by Crippen LogP contribution is -2.30. The summed E-state index contributed by atoms with van der Waals surface area (Å²) in [6.45, 7) is 5.78. The molecule has 0 atom stereocenters. The summed E-state index contributed by atoms with van der Waals surface area (Å²) < 4.78 is 35.2. The molecule has 1 amide bonds. The maximum absolute atomic E-state index is 11.7. The van der Waals surface area contributed by atoms with Gasteiger partial charge in [0.05, 0.1) is 11.9 Å². The fraction of sp³-hybridized carbons (Fsp3) is 0.562. The lowest BCUT2D eigenvalue weighted by Gasteiger charge is -2.20. The van der Waals surface area contributed by atoms with Crippen molar-refractivity contribution in [3.8, 4) is 5.75 Å². The number of sulfonamides is 1. The Bertz CT molecular complexity index is 601. The molecule has 24 heavy (non-hydrogen) atoms. The van der Waals surface area contributed by atoms with Crippen molar-refractivity contribution in [2.24, 2.45) is 0 Å². The number of ether oxygens (including phenoxy) is 2. The summed E-state index contributed by atoms with van der Waals surface area (Å²) in [5.41, 5.74) is 0.563. The van der Waals surface area contributed by atoms with Gasteiger partial charge in [-0.1, -0.05) is 0 Å². The molecule has 7 nitrogen and oxygen atoms in total. The highest BCUT2D eigenvalue weighted by Gasteiger charge is 2.14. The quantitative estimate of drug-likeness (QED) is 0.604. The average Bonchev–Trinajstić information content (AvgIpc) is 2.53. The van der Waals surface area contributed by atoms with Crippen LogP contribution in [0.15, 0.2) is 24.3 Å². The monoisotopic (exact) mass is 358 g/mol. The second-order valence-corrected chi connectivity index (χ2v) is 7.02. The fourth-order valence-corrected chi connectivity index (χ4v) is 3.04. The molecule has 0 radical (unpaired) electrons. The molecule has 0 heterocycles. The van der Waals surface area contributed by atoms with Gasteiger partial charge in [0.2, 0.25) is 10.0 Å². The third-order valence-corrected chi connectivity index (χ3v) is 4.44. The van der Waals surface area contributed by atoms with Gasteiger partial charge in [-0.25, -0.2) is 8.42 Å².